The number of nitrogens with zero attached hydrogens (tertiary/aromatic N) is 7. The van der Waals surface area contributed by atoms with Crippen molar-refractivity contribution in [3.05, 3.63) is 95.1 Å². The number of halogens is 2. The molecule has 42 heavy (non-hydrogen) atoms. The summed E-state index contributed by atoms with van der Waals surface area (Å²) >= 11 is 14.5. The van der Waals surface area contributed by atoms with Crippen LogP contribution in [0.5, 0.6) is 11.5 Å². The molecule has 6 aliphatic heterocycles. The molecular formula is C26H30Cl2N8O2P4. The van der Waals surface area contributed by atoms with Crippen molar-refractivity contribution in [1.82, 2.24) is 19.1 Å². The zero-order chi connectivity index (χ0) is 28.6. The second-order valence-electron chi connectivity index (χ2n) is 10.9. The van der Waals surface area contributed by atoms with Gasteiger partial charge in [-0.15, -0.1) is 0 Å². The van der Waals surface area contributed by atoms with E-state index in [0.29, 0.717) is 26.2 Å². The van der Waals surface area contributed by atoms with Crippen LogP contribution in [-0.4, -0.2) is 34.1 Å². The summed E-state index contributed by atoms with van der Waals surface area (Å²) in [5.41, 5.74) is 4.43. The Morgan fingerprint density at radius 2 is 1.31 bits per heavy atom. The zero-order valence-electron chi connectivity index (χ0n) is 22.9. The van der Waals surface area contributed by atoms with E-state index in [0.717, 1.165) is 53.3 Å². The second kappa shape index (κ2) is 10.3. The lowest BCUT2D eigenvalue weighted by molar-refractivity contribution is 0.355. The first-order valence-corrected chi connectivity index (χ1v) is 22.1. The fraction of sp³-hybridized carbons (Fsp3) is 0.308. The number of para-hydroxylation sites is 2. The van der Waals surface area contributed by atoms with Crippen LogP contribution in [0.15, 0.2) is 90.9 Å². The standard InChI is InChI=1S/C26H30Cl2N8O2P4/c1-34-15-7-14-29-40(34)32-41-30-39(27,28)31-42(33-40)36(20-24-11-3-5-13-26(24)38-42)18-22-9-6-8-21(16-22)17-35(41)19-23-10-2-4-12-25(23)37-41/h2-6,8-13,16,29H,7,14-15,17-20H2,1H3. The SMILES string of the molecule is CN1CCCNP12=NP13=NP(Cl)(Cl)=NP4(=N2)Oc2ccccc2CN4Cc2cccc(c2)CN1Cc1ccccc1O3. The van der Waals surface area contributed by atoms with Crippen LogP contribution in [0.3, 0.4) is 0 Å². The normalized spacial score (nSPS) is 31.8. The van der Waals surface area contributed by atoms with Crippen LogP contribution < -0.4 is 14.1 Å². The molecule has 10 nitrogen and oxygen atoms in total. The summed E-state index contributed by atoms with van der Waals surface area (Å²) in [6, 6.07) is 24.8. The number of rotatable bonds is 0. The van der Waals surface area contributed by atoms with Gasteiger partial charge in [-0.3, -0.25) is 5.09 Å². The lowest BCUT2D eigenvalue weighted by Crippen LogP contribution is -2.35. The molecule has 4 bridgehead atoms. The first-order valence-electron chi connectivity index (χ1n) is 13.8. The van der Waals surface area contributed by atoms with Crippen LogP contribution in [0.2, 0.25) is 0 Å². The summed E-state index contributed by atoms with van der Waals surface area (Å²) in [6.07, 6.45) is 0.974. The van der Waals surface area contributed by atoms with Gasteiger partial charge in [-0.2, -0.15) is 18.1 Å². The fourth-order valence-corrected chi connectivity index (χ4v) is 23.4. The highest BCUT2D eigenvalue weighted by Crippen LogP contribution is 2.84. The summed E-state index contributed by atoms with van der Waals surface area (Å²) in [5, 5.41) is 3.76. The van der Waals surface area contributed by atoms with E-state index in [1.54, 1.807) is 0 Å². The molecule has 3 aromatic rings. The quantitative estimate of drug-likeness (QED) is 0.238. The highest BCUT2D eigenvalue weighted by molar-refractivity contribution is 8.12. The van der Waals surface area contributed by atoms with Gasteiger partial charge >= 0.3 is 15.2 Å². The Bertz CT molecular complexity index is 1770. The van der Waals surface area contributed by atoms with Gasteiger partial charge in [0.25, 0.3) is 5.91 Å². The Hall–Kier alpha value is -1.40. The van der Waals surface area contributed by atoms with Crippen molar-refractivity contribution < 1.29 is 9.05 Å². The maximum absolute atomic E-state index is 7.24. The number of fused-ring (bicyclic) bond motifs is 3. The lowest BCUT2D eigenvalue weighted by Gasteiger charge is -2.45. The average Bonchev–Trinajstić information content (AvgIpc) is 2.94. The molecule has 0 aliphatic carbocycles. The minimum absolute atomic E-state index is 0.570. The van der Waals surface area contributed by atoms with Gasteiger partial charge in [0.05, 0.1) is 0 Å². The van der Waals surface area contributed by atoms with Crippen molar-refractivity contribution in [2.45, 2.75) is 32.6 Å². The summed E-state index contributed by atoms with van der Waals surface area (Å²) in [6.45, 7) is 3.91. The van der Waals surface area contributed by atoms with Crippen LogP contribution in [0.25, 0.3) is 0 Å². The third kappa shape index (κ3) is 4.80. The van der Waals surface area contributed by atoms with E-state index in [1.807, 2.05) is 36.4 Å². The molecule has 16 heteroatoms. The van der Waals surface area contributed by atoms with Crippen molar-refractivity contribution in [3.8, 4) is 11.5 Å². The molecule has 0 radical (unpaired) electrons. The smallest absolute Gasteiger partial charge is 0.334 e. The number of benzene rings is 3. The van der Waals surface area contributed by atoms with E-state index < -0.39 is 28.6 Å². The van der Waals surface area contributed by atoms with Crippen molar-refractivity contribution in [1.29, 1.82) is 0 Å². The summed E-state index contributed by atoms with van der Waals surface area (Å²) < 4.78 is 42.3. The van der Waals surface area contributed by atoms with Gasteiger partial charge in [0.1, 0.15) is 11.5 Å². The first-order chi connectivity index (χ1) is 20.3. The molecule has 6 aliphatic rings. The predicted octanol–water partition coefficient (Wildman–Crippen LogP) is 9.69. The van der Waals surface area contributed by atoms with Gasteiger partial charge in [0.15, 0.2) is 0 Å². The third-order valence-corrected chi connectivity index (χ3v) is 22.5. The monoisotopic (exact) mass is 680 g/mol. The second-order valence-corrected chi connectivity index (χ2v) is 23.7. The molecule has 0 aromatic heterocycles. The van der Waals surface area contributed by atoms with Crippen LogP contribution >= 0.6 is 51.1 Å². The predicted molar refractivity (Wildman–Crippen MR) is 173 cm³/mol. The summed E-state index contributed by atoms with van der Waals surface area (Å²) in [7, 11) is -7.22. The highest BCUT2D eigenvalue weighted by atomic mass is 35.9. The van der Waals surface area contributed by atoms with Gasteiger partial charge in [-0.05, 0) is 59.2 Å². The molecule has 0 saturated carbocycles. The van der Waals surface area contributed by atoms with E-state index in [4.69, 9.17) is 49.6 Å². The van der Waals surface area contributed by atoms with E-state index in [9.17, 15) is 0 Å². The molecule has 0 amide bonds. The molecule has 6 heterocycles. The van der Waals surface area contributed by atoms with Crippen molar-refractivity contribution in [2.75, 3.05) is 20.1 Å². The third-order valence-electron chi connectivity index (χ3n) is 7.94. The van der Waals surface area contributed by atoms with Crippen molar-refractivity contribution >= 4 is 51.1 Å². The first kappa shape index (κ1) is 28.1. The molecule has 3 unspecified atom stereocenters. The van der Waals surface area contributed by atoms with Crippen LogP contribution in [-0.2, 0) is 26.2 Å². The zero-order valence-corrected chi connectivity index (χ0v) is 28.0. The van der Waals surface area contributed by atoms with Crippen LogP contribution in [0, 0.1) is 0 Å². The minimum Gasteiger partial charge on any atom is -0.430 e. The molecular weight excluding hydrogens is 651 g/mol. The minimum atomic E-state index is -3.42. The number of nitrogens with one attached hydrogen (secondary N) is 1. The molecule has 220 valence electrons. The Morgan fingerprint density at radius 3 is 1.93 bits per heavy atom. The Morgan fingerprint density at radius 1 is 0.714 bits per heavy atom. The Balaban J connectivity index is 1.49. The van der Waals surface area contributed by atoms with Gasteiger partial charge in [-0.1, -0.05) is 60.7 Å². The maximum atomic E-state index is 7.24. The number of hydrogen-bond donors (Lipinski definition) is 1. The fourth-order valence-electron chi connectivity index (χ4n) is 5.92. The van der Waals surface area contributed by atoms with E-state index >= 15 is 0 Å². The van der Waals surface area contributed by atoms with Crippen molar-refractivity contribution in [2.24, 2.45) is 18.1 Å². The van der Waals surface area contributed by atoms with Gasteiger partial charge in [0, 0.05) is 50.4 Å². The Kier molecular flexibility index (Phi) is 6.91. The topological polar surface area (TPSA) is 89.6 Å². The van der Waals surface area contributed by atoms with Gasteiger partial charge < -0.3 is 9.05 Å². The van der Waals surface area contributed by atoms with Crippen LogP contribution in [0.4, 0.5) is 0 Å². The molecule has 1 N–H and O–H groups in total. The molecule has 1 saturated heterocycles. The highest BCUT2D eigenvalue weighted by Gasteiger charge is 2.49. The molecule has 1 fully saturated rings. The van der Waals surface area contributed by atoms with Crippen molar-refractivity contribution in [3.63, 3.8) is 0 Å². The molecule has 9 rings (SSSR count). The maximum Gasteiger partial charge on any atom is 0.334 e. The van der Waals surface area contributed by atoms with E-state index in [2.05, 4.69) is 62.5 Å². The van der Waals surface area contributed by atoms with E-state index in [-0.39, 0.29) is 0 Å². The number of hydrogen-bond acceptors (Lipinski definition) is 10. The van der Waals surface area contributed by atoms with Gasteiger partial charge in [-0.25, -0.2) is 14.0 Å². The Labute approximate surface area is 255 Å². The van der Waals surface area contributed by atoms with Crippen LogP contribution in [0.1, 0.15) is 28.7 Å². The molecule has 3 aromatic carbocycles. The molecule has 3 atom stereocenters. The van der Waals surface area contributed by atoms with Gasteiger partial charge in [0.2, 0.25) is 7.51 Å². The largest absolute Gasteiger partial charge is 0.430 e. The average molecular weight is 681 g/mol. The summed E-state index contributed by atoms with van der Waals surface area (Å²) in [5.74, 6) is -1.92. The molecule has 3 spiro atoms. The summed E-state index contributed by atoms with van der Waals surface area (Å²) in [4.78, 5) is 0. The lowest BCUT2D eigenvalue weighted by atomic mass is 10.1. The van der Waals surface area contributed by atoms with E-state index in [1.165, 1.54) is 0 Å².